The van der Waals surface area contributed by atoms with Gasteiger partial charge < -0.3 is 10.5 Å². The van der Waals surface area contributed by atoms with E-state index >= 15 is 0 Å². The monoisotopic (exact) mass is 275 g/mol. The Morgan fingerprint density at radius 1 is 1.41 bits per heavy atom. The maximum Gasteiger partial charge on any atom is 0.405 e. The lowest BCUT2D eigenvalue weighted by Crippen LogP contribution is -2.41. The second kappa shape index (κ2) is 5.53. The van der Waals surface area contributed by atoms with Gasteiger partial charge in [0.1, 0.15) is 0 Å². The molecule has 2 unspecified atom stereocenters. The molecular formula is C9H16F3NO3S. The van der Waals surface area contributed by atoms with Crippen LogP contribution in [0, 0.1) is 0 Å². The fourth-order valence-electron chi connectivity index (χ4n) is 1.85. The summed E-state index contributed by atoms with van der Waals surface area (Å²) < 4.78 is 66.2. The highest BCUT2D eigenvalue weighted by molar-refractivity contribution is 7.92. The molecular weight excluding hydrogens is 259 g/mol. The standard InChI is InChI=1S/C9H16F3NO3S/c10-9(11,12)8(3-4-13)17(14,15)6-7-2-1-5-16-7/h7-8H,1-6,13H2. The third-order valence-corrected chi connectivity index (χ3v) is 4.88. The largest absolute Gasteiger partial charge is 0.405 e. The lowest BCUT2D eigenvalue weighted by Gasteiger charge is -2.21. The number of sulfone groups is 1. The van der Waals surface area contributed by atoms with Gasteiger partial charge in [0, 0.05) is 6.61 Å². The molecule has 0 aromatic heterocycles. The number of alkyl halides is 3. The van der Waals surface area contributed by atoms with Crippen molar-refractivity contribution >= 4 is 9.84 Å². The first-order chi connectivity index (χ1) is 7.77. The number of hydrogen-bond donors (Lipinski definition) is 1. The van der Waals surface area contributed by atoms with Crippen LogP contribution in [0.25, 0.3) is 0 Å². The summed E-state index contributed by atoms with van der Waals surface area (Å²) in [6, 6.07) is 0. The van der Waals surface area contributed by atoms with Gasteiger partial charge in [-0.3, -0.25) is 0 Å². The van der Waals surface area contributed by atoms with E-state index in [1.807, 2.05) is 0 Å². The number of nitrogens with two attached hydrogens (primary N) is 1. The van der Waals surface area contributed by atoms with E-state index in [2.05, 4.69) is 0 Å². The summed E-state index contributed by atoms with van der Waals surface area (Å²) in [5.74, 6) is -0.572. The minimum atomic E-state index is -4.77. The molecule has 0 radical (unpaired) electrons. The van der Waals surface area contributed by atoms with Gasteiger partial charge in [-0.25, -0.2) is 8.42 Å². The summed E-state index contributed by atoms with van der Waals surface area (Å²) in [5, 5.41) is -2.37. The first kappa shape index (κ1) is 14.7. The van der Waals surface area contributed by atoms with Gasteiger partial charge in [0.25, 0.3) is 0 Å². The molecule has 2 atom stereocenters. The topological polar surface area (TPSA) is 69.4 Å². The predicted molar refractivity (Wildman–Crippen MR) is 56.3 cm³/mol. The van der Waals surface area contributed by atoms with Crippen molar-refractivity contribution in [2.75, 3.05) is 18.9 Å². The first-order valence-electron chi connectivity index (χ1n) is 5.37. The fourth-order valence-corrected chi connectivity index (χ4v) is 3.77. The van der Waals surface area contributed by atoms with Crippen LogP contribution in [0.5, 0.6) is 0 Å². The van der Waals surface area contributed by atoms with E-state index < -0.39 is 39.5 Å². The Kier molecular flexibility index (Phi) is 4.79. The van der Waals surface area contributed by atoms with Gasteiger partial charge in [-0.15, -0.1) is 0 Å². The number of halogens is 3. The summed E-state index contributed by atoms with van der Waals surface area (Å²) in [7, 11) is -4.26. The van der Waals surface area contributed by atoms with E-state index in [0.717, 1.165) is 0 Å². The van der Waals surface area contributed by atoms with Gasteiger partial charge in [0.05, 0.1) is 11.9 Å². The van der Waals surface area contributed by atoms with E-state index in [1.165, 1.54) is 0 Å². The van der Waals surface area contributed by atoms with Crippen molar-refractivity contribution < 1.29 is 26.3 Å². The molecule has 2 N–H and O–H groups in total. The van der Waals surface area contributed by atoms with Crippen molar-refractivity contribution in [1.82, 2.24) is 0 Å². The lowest BCUT2D eigenvalue weighted by molar-refractivity contribution is -0.131. The molecule has 4 nitrogen and oxygen atoms in total. The molecule has 1 saturated heterocycles. The van der Waals surface area contributed by atoms with Crippen LogP contribution in [-0.4, -0.2) is 44.9 Å². The van der Waals surface area contributed by atoms with Crippen molar-refractivity contribution in [3.05, 3.63) is 0 Å². The number of ether oxygens (including phenoxy) is 1. The van der Waals surface area contributed by atoms with Gasteiger partial charge in [-0.2, -0.15) is 13.2 Å². The Morgan fingerprint density at radius 2 is 2.06 bits per heavy atom. The quantitative estimate of drug-likeness (QED) is 0.808. The molecule has 0 aromatic rings. The summed E-state index contributed by atoms with van der Waals surface area (Å²) >= 11 is 0. The molecule has 1 aliphatic heterocycles. The summed E-state index contributed by atoms with van der Waals surface area (Å²) in [4.78, 5) is 0. The molecule has 1 aliphatic rings. The molecule has 17 heavy (non-hydrogen) atoms. The van der Waals surface area contributed by atoms with Crippen LogP contribution in [0.4, 0.5) is 13.2 Å². The number of hydrogen-bond acceptors (Lipinski definition) is 4. The van der Waals surface area contributed by atoms with Crippen molar-refractivity contribution in [3.8, 4) is 0 Å². The number of rotatable bonds is 5. The first-order valence-corrected chi connectivity index (χ1v) is 7.09. The average molecular weight is 275 g/mol. The zero-order valence-electron chi connectivity index (χ0n) is 9.24. The minimum absolute atomic E-state index is 0.311. The molecule has 1 heterocycles. The molecule has 0 amide bonds. The third-order valence-electron chi connectivity index (χ3n) is 2.67. The summed E-state index contributed by atoms with van der Waals surface area (Å²) in [6.07, 6.45) is -4.79. The van der Waals surface area contributed by atoms with Gasteiger partial charge in [-0.1, -0.05) is 0 Å². The zero-order chi connectivity index (χ0) is 13.1. The minimum Gasteiger partial charge on any atom is -0.377 e. The van der Waals surface area contributed by atoms with Gasteiger partial charge >= 0.3 is 6.18 Å². The van der Waals surface area contributed by atoms with E-state index in [4.69, 9.17) is 10.5 Å². The molecule has 0 saturated carbocycles. The summed E-state index contributed by atoms with van der Waals surface area (Å²) in [5.41, 5.74) is 5.04. The highest BCUT2D eigenvalue weighted by atomic mass is 32.2. The SMILES string of the molecule is NCCC(C(F)(F)F)S(=O)(=O)CC1CCCO1. The Labute approximate surface area is 98.2 Å². The van der Waals surface area contributed by atoms with Crippen LogP contribution in [0.15, 0.2) is 0 Å². The second-order valence-corrected chi connectivity index (χ2v) is 6.30. The van der Waals surface area contributed by atoms with Crippen LogP contribution >= 0.6 is 0 Å². The van der Waals surface area contributed by atoms with Crippen LogP contribution in [0.1, 0.15) is 19.3 Å². The Balaban J connectivity index is 2.76. The second-order valence-electron chi connectivity index (χ2n) is 4.07. The van der Waals surface area contributed by atoms with Crippen molar-refractivity contribution in [1.29, 1.82) is 0 Å². The van der Waals surface area contributed by atoms with Crippen molar-refractivity contribution in [3.63, 3.8) is 0 Å². The molecule has 1 rings (SSSR count). The third kappa shape index (κ3) is 4.11. The average Bonchev–Trinajstić information content (AvgIpc) is 2.63. The van der Waals surface area contributed by atoms with Crippen LogP contribution in [0.2, 0.25) is 0 Å². The maximum absolute atomic E-state index is 12.6. The van der Waals surface area contributed by atoms with Crippen LogP contribution in [-0.2, 0) is 14.6 Å². The van der Waals surface area contributed by atoms with E-state index in [0.29, 0.717) is 19.4 Å². The smallest absolute Gasteiger partial charge is 0.377 e. The van der Waals surface area contributed by atoms with Crippen molar-refractivity contribution in [2.24, 2.45) is 5.73 Å². The molecule has 0 bridgehead atoms. The normalized spacial score (nSPS) is 23.9. The highest BCUT2D eigenvalue weighted by Crippen LogP contribution is 2.30. The van der Waals surface area contributed by atoms with Gasteiger partial charge in [0.2, 0.25) is 0 Å². The Hall–Kier alpha value is -0.340. The van der Waals surface area contributed by atoms with Gasteiger partial charge in [-0.05, 0) is 25.8 Å². The molecule has 0 aliphatic carbocycles. The van der Waals surface area contributed by atoms with Crippen molar-refractivity contribution in [2.45, 2.75) is 36.8 Å². The zero-order valence-corrected chi connectivity index (χ0v) is 10.1. The molecule has 0 spiro atoms. The van der Waals surface area contributed by atoms with Gasteiger partial charge in [0.15, 0.2) is 15.1 Å². The molecule has 1 fully saturated rings. The lowest BCUT2D eigenvalue weighted by atomic mass is 10.3. The maximum atomic E-state index is 12.6. The predicted octanol–water partition coefficient (Wildman–Crippen LogP) is 0.860. The Morgan fingerprint density at radius 3 is 2.47 bits per heavy atom. The Bertz CT molecular complexity index is 336. The van der Waals surface area contributed by atoms with Crippen LogP contribution in [0.3, 0.4) is 0 Å². The van der Waals surface area contributed by atoms with E-state index in [1.54, 1.807) is 0 Å². The molecule has 0 aromatic carbocycles. The van der Waals surface area contributed by atoms with Crippen LogP contribution < -0.4 is 5.73 Å². The highest BCUT2D eigenvalue weighted by Gasteiger charge is 2.48. The summed E-state index contributed by atoms with van der Waals surface area (Å²) in [6.45, 7) is 0.0999. The fraction of sp³-hybridized carbons (Fsp3) is 1.00. The molecule has 102 valence electrons. The molecule has 8 heteroatoms. The van der Waals surface area contributed by atoms with E-state index in [9.17, 15) is 21.6 Å². The van der Waals surface area contributed by atoms with E-state index in [-0.39, 0.29) is 6.54 Å².